The summed E-state index contributed by atoms with van der Waals surface area (Å²) in [7, 11) is 0. The number of anilines is 1. The molecule has 0 unspecified atom stereocenters. The zero-order valence-corrected chi connectivity index (χ0v) is 13.3. The molecule has 0 radical (unpaired) electrons. The third-order valence-corrected chi connectivity index (χ3v) is 4.63. The number of hydrogen-bond acceptors (Lipinski definition) is 3. The van der Waals surface area contributed by atoms with Crippen LogP contribution in [0.2, 0.25) is 10.0 Å². The minimum absolute atomic E-state index is 0.236. The van der Waals surface area contributed by atoms with E-state index >= 15 is 0 Å². The van der Waals surface area contributed by atoms with Crippen molar-refractivity contribution in [1.29, 1.82) is 0 Å². The summed E-state index contributed by atoms with van der Waals surface area (Å²) in [5, 5.41) is 4.61. The molecule has 21 heavy (non-hydrogen) atoms. The molecule has 0 fully saturated rings. The zero-order valence-electron chi connectivity index (χ0n) is 11.0. The molecule has 0 spiro atoms. The Hall–Kier alpha value is -1.62. The summed E-state index contributed by atoms with van der Waals surface area (Å²) in [6.45, 7) is 1.96. The van der Waals surface area contributed by atoms with E-state index in [-0.39, 0.29) is 5.91 Å². The fourth-order valence-electron chi connectivity index (χ4n) is 1.96. The van der Waals surface area contributed by atoms with Crippen LogP contribution in [0.3, 0.4) is 0 Å². The highest BCUT2D eigenvalue weighted by atomic mass is 35.5. The van der Waals surface area contributed by atoms with Crippen molar-refractivity contribution in [2.75, 3.05) is 5.32 Å². The molecule has 1 heterocycles. The van der Waals surface area contributed by atoms with Crippen LogP contribution in [0.5, 0.6) is 0 Å². The number of aryl methyl sites for hydroxylation is 1. The Morgan fingerprint density at radius 3 is 2.71 bits per heavy atom. The number of carbonyl (C=O) groups excluding carboxylic acids is 1. The summed E-state index contributed by atoms with van der Waals surface area (Å²) in [6.07, 6.45) is 0. The normalized spacial score (nSPS) is 10.8. The Balaban J connectivity index is 1.86. The summed E-state index contributed by atoms with van der Waals surface area (Å²) >= 11 is 13.4. The van der Waals surface area contributed by atoms with Crippen LogP contribution in [0, 0.1) is 6.92 Å². The first kappa shape index (κ1) is 14.3. The lowest BCUT2D eigenvalue weighted by Crippen LogP contribution is -2.11. The smallest absolute Gasteiger partial charge is 0.255 e. The fraction of sp³-hybridized carbons (Fsp3) is 0.0667. The molecule has 0 bridgehead atoms. The van der Waals surface area contributed by atoms with E-state index in [1.165, 1.54) is 0 Å². The molecule has 3 nitrogen and oxygen atoms in total. The second kappa shape index (κ2) is 5.64. The lowest BCUT2D eigenvalue weighted by Gasteiger charge is -2.06. The third kappa shape index (κ3) is 3.02. The molecule has 0 aliphatic heterocycles. The Morgan fingerprint density at radius 1 is 1.14 bits per heavy atom. The van der Waals surface area contributed by atoms with Gasteiger partial charge in [0, 0.05) is 11.3 Å². The van der Waals surface area contributed by atoms with Gasteiger partial charge in [0.2, 0.25) is 0 Å². The Bertz CT molecular complexity index is 845. The molecule has 1 aromatic heterocycles. The fourth-order valence-corrected chi connectivity index (χ4v) is 3.07. The zero-order chi connectivity index (χ0) is 15.0. The van der Waals surface area contributed by atoms with Gasteiger partial charge in [-0.3, -0.25) is 4.79 Å². The molecule has 0 aliphatic carbocycles. The predicted molar refractivity (Wildman–Crippen MR) is 88.8 cm³/mol. The van der Waals surface area contributed by atoms with Gasteiger partial charge in [0.05, 0.1) is 25.3 Å². The Labute approximate surface area is 135 Å². The van der Waals surface area contributed by atoms with Gasteiger partial charge in [-0.25, -0.2) is 4.98 Å². The van der Waals surface area contributed by atoms with Gasteiger partial charge in [0.25, 0.3) is 5.91 Å². The minimum atomic E-state index is -0.236. The summed E-state index contributed by atoms with van der Waals surface area (Å²) in [6, 6.07) is 10.4. The molecule has 6 heteroatoms. The maximum atomic E-state index is 12.2. The van der Waals surface area contributed by atoms with Gasteiger partial charge in [-0.05, 0) is 43.3 Å². The van der Waals surface area contributed by atoms with E-state index < -0.39 is 0 Å². The highest BCUT2D eigenvalue weighted by Crippen LogP contribution is 2.26. The first-order valence-corrected chi connectivity index (χ1v) is 7.74. The molecule has 1 amide bonds. The first-order valence-electron chi connectivity index (χ1n) is 6.16. The van der Waals surface area contributed by atoms with Gasteiger partial charge in [-0.1, -0.05) is 23.2 Å². The number of rotatable bonds is 2. The molecule has 3 rings (SSSR count). The van der Waals surface area contributed by atoms with Crippen molar-refractivity contribution < 1.29 is 4.79 Å². The van der Waals surface area contributed by atoms with Crippen LogP contribution in [0.4, 0.5) is 5.69 Å². The second-order valence-electron chi connectivity index (χ2n) is 4.50. The Morgan fingerprint density at radius 2 is 1.95 bits per heavy atom. The van der Waals surface area contributed by atoms with Crippen molar-refractivity contribution in [3.05, 3.63) is 57.0 Å². The third-order valence-electron chi connectivity index (χ3n) is 2.93. The molecule has 1 N–H and O–H groups in total. The van der Waals surface area contributed by atoms with E-state index in [1.54, 1.807) is 29.5 Å². The maximum Gasteiger partial charge on any atom is 0.255 e. The van der Waals surface area contributed by atoms with E-state index in [0.29, 0.717) is 21.3 Å². The second-order valence-corrected chi connectivity index (χ2v) is 6.55. The van der Waals surface area contributed by atoms with E-state index in [2.05, 4.69) is 10.3 Å². The molecule has 3 aromatic rings. The van der Waals surface area contributed by atoms with E-state index in [0.717, 1.165) is 15.2 Å². The largest absolute Gasteiger partial charge is 0.322 e. The highest BCUT2D eigenvalue weighted by Gasteiger charge is 2.09. The first-order chi connectivity index (χ1) is 10.0. The van der Waals surface area contributed by atoms with Crippen LogP contribution in [0.15, 0.2) is 36.4 Å². The van der Waals surface area contributed by atoms with Crippen molar-refractivity contribution in [2.24, 2.45) is 0 Å². The van der Waals surface area contributed by atoms with Gasteiger partial charge in [0.1, 0.15) is 0 Å². The lowest BCUT2D eigenvalue weighted by atomic mass is 10.2. The summed E-state index contributed by atoms with van der Waals surface area (Å²) in [4.78, 5) is 16.6. The number of aromatic nitrogens is 1. The van der Waals surface area contributed by atoms with Crippen molar-refractivity contribution in [3.63, 3.8) is 0 Å². The van der Waals surface area contributed by atoms with Crippen molar-refractivity contribution >= 4 is 56.3 Å². The number of fused-ring (bicyclic) bond motifs is 1. The quantitative estimate of drug-likeness (QED) is 0.701. The minimum Gasteiger partial charge on any atom is -0.322 e. The summed E-state index contributed by atoms with van der Waals surface area (Å²) in [5.41, 5.74) is 2.03. The van der Waals surface area contributed by atoms with Crippen LogP contribution in [0.25, 0.3) is 10.2 Å². The average Bonchev–Trinajstić information content (AvgIpc) is 2.81. The number of hydrogen-bond donors (Lipinski definition) is 1. The number of nitrogens with one attached hydrogen (secondary N) is 1. The van der Waals surface area contributed by atoms with Crippen LogP contribution in [-0.4, -0.2) is 10.9 Å². The monoisotopic (exact) mass is 336 g/mol. The topological polar surface area (TPSA) is 42.0 Å². The summed E-state index contributed by atoms with van der Waals surface area (Å²) in [5.74, 6) is -0.236. The number of thiazole rings is 1. The van der Waals surface area contributed by atoms with E-state index in [1.807, 2.05) is 25.1 Å². The number of amides is 1. The highest BCUT2D eigenvalue weighted by molar-refractivity contribution is 7.18. The van der Waals surface area contributed by atoms with Gasteiger partial charge >= 0.3 is 0 Å². The number of carbonyl (C=O) groups is 1. The molecular weight excluding hydrogens is 327 g/mol. The SMILES string of the molecule is Cc1nc2cc(NC(=O)c3ccc(Cl)c(Cl)c3)ccc2s1. The van der Waals surface area contributed by atoms with Crippen LogP contribution in [0.1, 0.15) is 15.4 Å². The van der Waals surface area contributed by atoms with Crippen LogP contribution in [-0.2, 0) is 0 Å². The van der Waals surface area contributed by atoms with Gasteiger partial charge in [-0.15, -0.1) is 11.3 Å². The van der Waals surface area contributed by atoms with Crippen LogP contribution < -0.4 is 5.32 Å². The number of nitrogens with zero attached hydrogens (tertiary/aromatic N) is 1. The average molecular weight is 337 g/mol. The molecule has 0 atom stereocenters. The van der Waals surface area contributed by atoms with Crippen molar-refractivity contribution in [1.82, 2.24) is 4.98 Å². The molecular formula is C15H10Cl2N2OS. The Kier molecular flexibility index (Phi) is 3.85. The molecule has 0 saturated carbocycles. The van der Waals surface area contributed by atoms with Crippen LogP contribution >= 0.6 is 34.5 Å². The molecule has 0 saturated heterocycles. The summed E-state index contributed by atoms with van der Waals surface area (Å²) < 4.78 is 1.10. The standard InChI is InChI=1S/C15H10Cl2N2OS/c1-8-18-13-7-10(3-5-14(13)21-8)19-15(20)9-2-4-11(16)12(17)6-9/h2-7H,1H3,(H,19,20). The molecule has 2 aromatic carbocycles. The lowest BCUT2D eigenvalue weighted by molar-refractivity contribution is 0.102. The molecule has 0 aliphatic rings. The van der Waals surface area contributed by atoms with Gasteiger partial charge in [0.15, 0.2) is 0 Å². The predicted octanol–water partition coefficient (Wildman–Crippen LogP) is 5.16. The van der Waals surface area contributed by atoms with Crippen molar-refractivity contribution in [3.8, 4) is 0 Å². The number of benzene rings is 2. The maximum absolute atomic E-state index is 12.2. The van der Waals surface area contributed by atoms with Crippen molar-refractivity contribution in [2.45, 2.75) is 6.92 Å². The van der Waals surface area contributed by atoms with E-state index in [4.69, 9.17) is 23.2 Å². The molecule has 106 valence electrons. The van der Waals surface area contributed by atoms with Gasteiger partial charge < -0.3 is 5.32 Å². The van der Waals surface area contributed by atoms with E-state index in [9.17, 15) is 4.79 Å². The number of halogens is 2. The van der Waals surface area contributed by atoms with Gasteiger partial charge in [-0.2, -0.15) is 0 Å².